The van der Waals surface area contributed by atoms with Gasteiger partial charge in [0.2, 0.25) is 0 Å². The van der Waals surface area contributed by atoms with Crippen molar-refractivity contribution in [1.82, 2.24) is 4.90 Å². The standard InChI is InChI=1S/C13H7BrClNO3S/c1-2-3-16-12(18)10(20-13(16)19)5-7-4-8(14)6-9(15)11(7)17/h1,4-6,17H,3H2/b10-5-. The molecule has 1 aromatic rings. The Morgan fingerprint density at radius 2 is 2.20 bits per heavy atom. The molecule has 0 aromatic heterocycles. The van der Waals surface area contributed by atoms with E-state index >= 15 is 0 Å². The minimum atomic E-state index is -0.478. The van der Waals surface area contributed by atoms with Crippen LogP contribution in [0.5, 0.6) is 5.75 Å². The van der Waals surface area contributed by atoms with Crippen molar-refractivity contribution in [3.63, 3.8) is 0 Å². The van der Waals surface area contributed by atoms with Gasteiger partial charge in [-0.15, -0.1) is 6.42 Å². The minimum absolute atomic E-state index is 0.0762. The number of benzene rings is 1. The summed E-state index contributed by atoms with van der Waals surface area (Å²) in [5, 5.41) is 9.57. The maximum absolute atomic E-state index is 12.0. The normalized spacial score (nSPS) is 16.9. The number of rotatable bonds is 2. The minimum Gasteiger partial charge on any atom is -0.506 e. The van der Waals surface area contributed by atoms with Crippen molar-refractivity contribution in [2.45, 2.75) is 0 Å². The fourth-order valence-electron chi connectivity index (χ4n) is 1.56. The summed E-state index contributed by atoms with van der Waals surface area (Å²) in [6, 6.07) is 3.12. The highest BCUT2D eigenvalue weighted by Gasteiger charge is 2.34. The molecule has 0 bridgehead atoms. The number of carbonyl (C=O) groups excluding carboxylic acids is 2. The Hall–Kier alpha value is -1.42. The number of imide groups is 1. The van der Waals surface area contributed by atoms with Crippen molar-refractivity contribution in [3.8, 4) is 18.1 Å². The highest BCUT2D eigenvalue weighted by atomic mass is 79.9. The van der Waals surface area contributed by atoms with Crippen molar-refractivity contribution in [1.29, 1.82) is 0 Å². The fourth-order valence-corrected chi connectivity index (χ4v) is 3.23. The van der Waals surface area contributed by atoms with Crippen LogP contribution in [0.25, 0.3) is 6.08 Å². The number of hydrogen-bond donors (Lipinski definition) is 1. The summed E-state index contributed by atoms with van der Waals surface area (Å²) in [4.78, 5) is 24.8. The zero-order valence-corrected chi connectivity index (χ0v) is 13.1. The molecule has 2 rings (SSSR count). The highest BCUT2D eigenvalue weighted by molar-refractivity contribution is 9.10. The molecule has 0 spiro atoms. The molecule has 2 amide bonds. The van der Waals surface area contributed by atoms with Gasteiger partial charge in [-0.3, -0.25) is 14.5 Å². The Bertz CT molecular complexity index is 681. The van der Waals surface area contributed by atoms with Gasteiger partial charge in [0, 0.05) is 10.0 Å². The van der Waals surface area contributed by atoms with E-state index in [2.05, 4.69) is 21.9 Å². The number of aromatic hydroxyl groups is 1. The lowest BCUT2D eigenvalue weighted by Crippen LogP contribution is -2.28. The van der Waals surface area contributed by atoms with E-state index in [0.29, 0.717) is 10.0 Å². The van der Waals surface area contributed by atoms with Crippen molar-refractivity contribution in [3.05, 3.63) is 32.1 Å². The van der Waals surface area contributed by atoms with Gasteiger partial charge in [-0.2, -0.15) is 0 Å². The molecule has 0 aliphatic carbocycles. The van der Waals surface area contributed by atoms with Gasteiger partial charge >= 0.3 is 0 Å². The topological polar surface area (TPSA) is 57.6 Å². The van der Waals surface area contributed by atoms with Crippen LogP contribution in [0.2, 0.25) is 5.02 Å². The van der Waals surface area contributed by atoms with Crippen LogP contribution in [0.1, 0.15) is 5.56 Å². The lowest BCUT2D eigenvalue weighted by molar-refractivity contribution is -0.122. The van der Waals surface area contributed by atoms with E-state index in [1.807, 2.05) is 0 Å². The number of carbonyl (C=O) groups is 2. The molecule has 4 nitrogen and oxygen atoms in total. The number of phenols is 1. The number of halogens is 2. The molecule has 20 heavy (non-hydrogen) atoms. The lowest BCUT2D eigenvalue weighted by atomic mass is 10.2. The molecule has 1 N–H and O–H groups in total. The first-order valence-electron chi connectivity index (χ1n) is 5.31. The Morgan fingerprint density at radius 1 is 1.50 bits per heavy atom. The van der Waals surface area contributed by atoms with Crippen LogP contribution >= 0.6 is 39.3 Å². The molecule has 7 heteroatoms. The Balaban J connectivity index is 2.41. The van der Waals surface area contributed by atoms with Crippen molar-refractivity contribution >= 4 is 56.5 Å². The van der Waals surface area contributed by atoms with Gasteiger partial charge in [0.15, 0.2) is 0 Å². The van der Waals surface area contributed by atoms with Gasteiger partial charge in [-0.25, -0.2) is 0 Å². The lowest BCUT2D eigenvalue weighted by Gasteiger charge is -2.07. The molecule has 0 saturated carbocycles. The van der Waals surface area contributed by atoms with E-state index in [1.54, 1.807) is 6.07 Å². The average Bonchev–Trinajstić information content (AvgIpc) is 2.63. The van der Waals surface area contributed by atoms with Crippen LogP contribution < -0.4 is 0 Å². The number of hydrogen-bond acceptors (Lipinski definition) is 4. The maximum atomic E-state index is 12.0. The van der Waals surface area contributed by atoms with Gasteiger partial charge in [-0.05, 0) is 30.0 Å². The first-order valence-corrected chi connectivity index (χ1v) is 7.29. The van der Waals surface area contributed by atoms with Gasteiger partial charge in [-0.1, -0.05) is 33.5 Å². The third kappa shape index (κ3) is 2.85. The van der Waals surface area contributed by atoms with Crippen molar-refractivity contribution in [2.24, 2.45) is 0 Å². The zero-order chi connectivity index (χ0) is 14.9. The van der Waals surface area contributed by atoms with Crippen LogP contribution in [-0.2, 0) is 4.79 Å². The molecule has 1 aliphatic heterocycles. The van der Waals surface area contributed by atoms with Gasteiger partial charge in [0.1, 0.15) is 5.75 Å². The largest absolute Gasteiger partial charge is 0.506 e. The Morgan fingerprint density at radius 3 is 2.85 bits per heavy atom. The molecule has 1 aliphatic rings. The molecule has 1 heterocycles. The number of thioether (sulfide) groups is 1. The predicted molar refractivity (Wildman–Crippen MR) is 82.3 cm³/mol. The number of amides is 2. The van der Waals surface area contributed by atoms with E-state index in [1.165, 1.54) is 12.1 Å². The summed E-state index contributed by atoms with van der Waals surface area (Å²) in [7, 11) is 0. The fraction of sp³-hybridized carbons (Fsp3) is 0.0769. The Labute approximate surface area is 132 Å². The SMILES string of the molecule is C#CCN1C(=O)S/C(=C\c2cc(Br)cc(Cl)c2O)C1=O. The molecule has 1 aromatic carbocycles. The van der Waals surface area contributed by atoms with Crippen LogP contribution in [0.4, 0.5) is 4.79 Å². The monoisotopic (exact) mass is 371 g/mol. The maximum Gasteiger partial charge on any atom is 0.294 e. The van der Waals surface area contributed by atoms with Crippen LogP contribution in [0.3, 0.4) is 0 Å². The summed E-state index contributed by atoms with van der Waals surface area (Å²) in [6.45, 7) is -0.0762. The third-order valence-electron chi connectivity index (χ3n) is 2.47. The first kappa shape index (κ1) is 15.0. The van der Waals surface area contributed by atoms with Gasteiger partial charge < -0.3 is 5.11 Å². The van der Waals surface area contributed by atoms with Gasteiger partial charge in [0.05, 0.1) is 16.5 Å². The summed E-state index contributed by atoms with van der Waals surface area (Å²) >= 11 is 9.85. The molecule has 0 unspecified atom stereocenters. The summed E-state index contributed by atoms with van der Waals surface area (Å²) in [6.07, 6.45) is 6.52. The van der Waals surface area contributed by atoms with E-state index in [-0.39, 0.29) is 22.2 Å². The van der Waals surface area contributed by atoms with E-state index < -0.39 is 11.1 Å². The quantitative estimate of drug-likeness (QED) is 0.638. The van der Waals surface area contributed by atoms with E-state index in [4.69, 9.17) is 18.0 Å². The van der Waals surface area contributed by atoms with Crippen LogP contribution in [0.15, 0.2) is 21.5 Å². The third-order valence-corrected chi connectivity index (χ3v) is 4.12. The molecular weight excluding hydrogens is 366 g/mol. The predicted octanol–water partition coefficient (Wildman–Crippen LogP) is 3.48. The number of terminal acetylenes is 1. The molecular formula is C13H7BrClNO3S. The average molecular weight is 373 g/mol. The second kappa shape index (κ2) is 5.92. The summed E-state index contributed by atoms with van der Waals surface area (Å²) in [5.41, 5.74) is 0.343. The second-order valence-corrected chi connectivity index (χ2v) is 6.11. The van der Waals surface area contributed by atoms with E-state index in [0.717, 1.165) is 16.7 Å². The summed E-state index contributed by atoms with van der Waals surface area (Å²) < 4.78 is 0.648. The molecule has 0 atom stereocenters. The van der Waals surface area contributed by atoms with Crippen LogP contribution in [0, 0.1) is 12.3 Å². The smallest absolute Gasteiger partial charge is 0.294 e. The van der Waals surface area contributed by atoms with Crippen LogP contribution in [-0.4, -0.2) is 27.7 Å². The Kier molecular flexibility index (Phi) is 4.43. The number of phenolic OH excluding ortho intramolecular Hbond substituents is 1. The van der Waals surface area contributed by atoms with E-state index in [9.17, 15) is 14.7 Å². The van der Waals surface area contributed by atoms with Crippen molar-refractivity contribution < 1.29 is 14.7 Å². The van der Waals surface area contributed by atoms with Crippen molar-refractivity contribution in [2.75, 3.05) is 6.54 Å². The zero-order valence-electron chi connectivity index (χ0n) is 9.89. The number of nitrogens with zero attached hydrogens (tertiary/aromatic N) is 1. The highest BCUT2D eigenvalue weighted by Crippen LogP contribution is 2.37. The summed E-state index contributed by atoms with van der Waals surface area (Å²) in [5.74, 6) is 1.62. The molecule has 102 valence electrons. The molecule has 1 saturated heterocycles. The second-order valence-electron chi connectivity index (χ2n) is 3.80. The van der Waals surface area contributed by atoms with Gasteiger partial charge in [0.25, 0.3) is 11.1 Å². The first-order chi connectivity index (χ1) is 9.43. The molecule has 1 fully saturated rings. The molecule has 0 radical (unpaired) electrons.